The minimum absolute atomic E-state index is 0.398. The van der Waals surface area contributed by atoms with Crippen molar-refractivity contribution in [3.05, 3.63) is 36.2 Å². The van der Waals surface area contributed by atoms with Gasteiger partial charge in [0.1, 0.15) is 12.0 Å². The molecule has 0 saturated carbocycles. The summed E-state index contributed by atoms with van der Waals surface area (Å²) in [7, 11) is 3.20. The van der Waals surface area contributed by atoms with E-state index >= 15 is 0 Å². The van der Waals surface area contributed by atoms with Gasteiger partial charge in [-0.15, -0.1) is 0 Å². The van der Waals surface area contributed by atoms with E-state index in [1.165, 1.54) is 13.4 Å². The van der Waals surface area contributed by atoms with Crippen molar-refractivity contribution >= 4 is 29.0 Å². The van der Waals surface area contributed by atoms with Crippen LogP contribution in [0.3, 0.4) is 0 Å². The third-order valence-electron chi connectivity index (χ3n) is 4.91. The maximum absolute atomic E-state index is 12.1. The highest BCUT2D eigenvalue weighted by Crippen LogP contribution is 2.35. The highest BCUT2D eigenvalue weighted by Gasteiger charge is 2.23. The Morgan fingerprint density at radius 3 is 2.65 bits per heavy atom. The number of esters is 1. The maximum Gasteiger partial charge on any atom is 0.339 e. The Labute approximate surface area is 153 Å². The van der Waals surface area contributed by atoms with Gasteiger partial charge in [-0.2, -0.15) is 0 Å². The van der Waals surface area contributed by atoms with E-state index in [0.29, 0.717) is 22.8 Å². The Kier molecular flexibility index (Phi) is 5.25. The normalized spacial score (nSPS) is 15.0. The highest BCUT2D eigenvalue weighted by molar-refractivity contribution is 5.97. The number of para-hydroxylation sites is 1. The van der Waals surface area contributed by atoms with Crippen LogP contribution in [0.15, 0.2) is 30.6 Å². The van der Waals surface area contributed by atoms with Gasteiger partial charge in [0.05, 0.1) is 18.4 Å². The van der Waals surface area contributed by atoms with Crippen molar-refractivity contribution < 1.29 is 9.53 Å². The van der Waals surface area contributed by atoms with Gasteiger partial charge in [-0.25, -0.2) is 14.8 Å². The van der Waals surface area contributed by atoms with E-state index in [-0.39, 0.29) is 0 Å². The number of nitrogen functional groups attached to an aromatic ring is 1. The largest absolute Gasteiger partial charge is 0.465 e. The molecular formula is C19H25N5O2. The summed E-state index contributed by atoms with van der Waals surface area (Å²) in [5.74, 6) is 1.66. The van der Waals surface area contributed by atoms with Crippen LogP contribution in [0, 0.1) is 5.92 Å². The van der Waals surface area contributed by atoms with Gasteiger partial charge in [0.2, 0.25) is 0 Å². The fourth-order valence-electron chi connectivity index (χ4n) is 3.28. The van der Waals surface area contributed by atoms with Crippen LogP contribution in [-0.4, -0.2) is 43.2 Å². The van der Waals surface area contributed by atoms with E-state index in [0.717, 1.165) is 37.7 Å². The molecule has 2 heterocycles. The first-order chi connectivity index (χ1) is 12.5. The first-order valence-corrected chi connectivity index (χ1v) is 8.79. The molecule has 7 nitrogen and oxygen atoms in total. The SMILES string of the molecule is COC(=O)c1ccccc1N(C)c1ncnc(N2CCC(C)CC2)c1N. The number of aromatic nitrogens is 2. The monoisotopic (exact) mass is 355 g/mol. The molecule has 0 spiro atoms. The third kappa shape index (κ3) is 3.42. The fraction of sp³-hybridized carbons (Fsp3) is 0.421. The molecule has 26 heavy (non-hydrogen) atoms. The Morgan fingerprint density at radius 2 is 1.96 bits per heavy atom. The number of methoxy groups -OCH3 is 1. The zero-order chi connectivity index (χ0) is 18.7. The van der Waals surface area contributed by atoms with Crippen molar-refractivity contribution in [3.8, 4) is 0 Å². The molecule has 0 unspecified atom stereocenters. The lowest BCUT2D eigenvalue weighted by molar-refractivity contribution is 0.0601. The zero-order valence-corrected chi connectivity index (χ0v) is 15.5. The Hall–Kier alpha value is -2.83. The average molecular weight is 355 g/mol. The fourth-order valence-corrected chi connectivity index (χ4v) is 3.28. The maximum atomic E-state index is 12.1. The van der Waals surface area contributed by atoms with E-state index in [1.807, 2.05) is 19.2 Å². The number of hydrogen-bond donors (Lipinski definition) is 1. The van der Waals surface area contributed by atoms with E-state index in [4.69, 9.17) is 10.5 Å². The van der Waals surface area contributed by atoms with Gasteiger partial charge in [0.25, 0.3) is 0 Å². The molecule has 2 N–H and O–H groups in total. The molecule has 7 heteroatoms. The van der Waals surface area contributed by atoms with Crippen LogP contribution >= 0.6 is 0 Å². The number of rotatable bonds is 4. The molecule has 1 aliphatic heterocycles. The number of nitrogens with zero attached hydrogens (tertiary/aromatic N) is 4. The highest BCUT2D eigenvalue weighted by atomic mass is 16.5. The second-order valence-electron chi connectivity index (χ2n) is 6.67. The van der Waals surface area contributed by atoms with Gasteiger partial charge in [0, 0.05) is 20.1 Å². The van der Waals surface area contributed by atoms with Crippen LogP contribution < -0.4 is 15.5 Å². The summed E-state index contributed by atoms with van der Waals surface area (Å²) in [6.45, 7) is 4.14. The van der Waals surface area contributed by atoms with Crippen molar-refractivity contribution in [2.75, 3.05) is 42.8 Å². The lowest BCUT2D eigenvalue weighted by Gasteiger charge is -2.32. The number of hydrogen-bond acceptors (Lipinski definition) is 7. The number of carbonyl (C=O) groups is 1. The van der Waals surface area contributed by atoms with Crippen LogP contribution in [-0.2, 0) is 4.74 Å². The zero-order valence-electron chi connectivity index (χ0n) is 15.5. The molecule has 0 aliphatic carbocycles. The minimum Gasteiger partial charge on any atom is -0.465 e. The number of nitrogens with two attached hydrogens (primary N) is 1. The van der Waals surface area contributed by atoms with Gasteiger partial charge in [-0.3, -0.25) is 0 Å². The van der Waals surface area contributed by atoms with Crippen molar-refractivity contribution in [1.82, 2.24) is 9.97 Å². The Balaban J connectivity index is 1.95. The van der Waals surface area contributed by atoms with Gasteiger partial charge >= 0.3 is 5.97 Å². The van der Waals surface area contributed by atoms with Crippen molar-refractivity contribution in [1.29, 1.82) is 0 Å². The molecule has 1 fully saturated rings. The predicted molar refractivity (Wildman–Crippen MR) is 103 cm³/mol. The van der Waals surface area contributed by atoms with E-state index in [1.54, 1.807) is 17.0 Å². The van der Waals surface area contributed by atoms with E-state index in [2.05, 4.69) is 21.8 Å². The summed E-state index contributed by atoms with van der Waals surface area (Å²) in [5, 5.41) is 0. The smallest absolute Gasteiger partial charge is 0.339 e. The predicted octanol–water partition coefficient (Wildman–Crippen LogP) is 2.85. The molecule has 1 saturated heterocycles. The van der Waals surface area contributed by atoms with Crippen LogP contribution in [0.4, 0.5) is 23.0 Å². The molecule has 1 aromatic heterocycles. The molecule has 0 atom stereocenters. The molecular weight excluding hydrogens is 330 g/mol. The van der Waals surface area contributed by atoms with Crippen LogP contribution in [0.1, 0.15) is 30.1 Å². The van der Waals surface area contributed by atoms with Crippen molar-refractivity contribution in [2.24, 2.45) is 5.92 Å². The van der Waals surface area contributed by atoms with Gasteiger partial charge in [-0.05, 0) is 30.9 Å². The number of ether oxygens (including phenoxy) is 1. The summed E-state index contributed by atoms with van der Waals surface area (Å²) in [4.78, 5) is 24.9. The van der Waals surface area contributed by atoms with Crippen molar-refractivity contribution in [3.63, 3.8) is 0 Å². The molecule has 138 valence electrons. The lowest BCUT2D eigenvalue weighted by Crippen LogP contribution is -2.34. The standard InChI is InChI=1S/C19H25N5O2/c1-13-8-10-24(11-9-13)18-16(20)17(21-12-22-18)23(2)15-7-5-4-6-14(15)19(25)26-3/h4-7,12-13H,8-11,20H2,1-3H3. The Morgan fingerprint density at radius 1 is 1.27 bits per heavy atom. The van der Waals surface area contributed by atoms with Crippen LogP contribution in [0.5, 0.6) is 0 Å². The topological polar surface area (TPSA) is 84.6 Å². The average Bonchev–Trinajstić information content (AvgIpc) is 2.68. The van der Waals surface area contributed by atoms with Gasteiger partial charge in [0.15, 0.2) is 11.6 Å². The number of benzene rings is 1. The van der Waals surface area contributed by atoms with E-state index in [9.17, 15) is 4.79 Å². The lowest BCUT2D eigenvalue weighted by atomic mass is 9.99. The van der Waals surface area contributed by atoms with Gasteiger partial charge < -0.3 is 20.3 Å². The molecule has 0 bridgehead atoms. The summed E-state index contributed by atoms with van der Waals surface area (Å²) in [6.07, 6.45) is 3.77. The summed E-state index contributed by atoms with van der Waals surface area (Å²) < 4.78 is 4.88. The molecule has 2 aromatic rings. The summed E-state index contributed by atoms with van der Waals surface area (Å²) in [5.41, 5.74) is 8.08. The Bertz CT molecular complexity index is 787. The quantitative estimate of drug-likeness (QED) is 0.844. The first-order valence-electron chi connectivity index (χ1n) is 8.79. The number of carbonyl (C=O) groups excluding carboxylic acids is 1. The van der Waals surface area contributed by atoms with Crippen molar-refractivity contribution in [2.45, 2.75) is 19.8 Å². The second kappa shape index (κ2) is 7.59. The molecule has 3 rings (SSSR count). The van der Waals surface area contributed by atoms with E-state index < -0.39 is 5.97 Å². The first kappa shape index (κ1) is 18.0. The summed E-state index contributed by atoms with van der Waals surface area (Å²) >= 11 is 0. The molecule has 0 radical (unpaired) electrons. The van der Waals surface area contributed by atoms with Crippen LogP contribution in [0.2, 0.25) is 0 Å². The third-order valence-corrected chi connectivity index (χ3v) is 4.91. The number of anilines is 4. The molecule has 1 aliphatic rings. The van der Waals surface area contributed by atoms with Gasteiger partial charge in [-0.1, -0.05) is 19.1 Å². The summed E-state index contributed by atoms with van der Waals surface area (Å²) in [6, 6.07) is 7.23. The molecule has 1 aromatic carbocycles. The molecule has 0 amide bonds. The van der Waals surface area contributed by atoms with Crippen LogP contribution in [0.25, 0.3) is 0 Å². The number of piperidine rings is 1. The minimum atomic E-state index is -0.398. The second-order valence-corrected chi connectivity index (χ2v) is 6.67.